The predicted molar refractivity (Wildman–Crippen MR) is 164 cm³/mol. The number of nitrogens with one attached hydrogen (secondary N) is 3. The molecule has 0 radical (unpaired) electrons. The Morgan fingerprint density at radius 2 is 1.71 bits per heavy atom. The van der Waals surface area contributed by atoms with Gasteiger partial charge in [0.05, 0.1) is 24.7 Å². The van der Waals surface area contributed by atoms with E-state index in [1.54, 1.807) is 25.3 Å². The molecular weight excluding hydrogens is 564 g/mol. The zero-order valence-corrected chi connectivity index (χ0v) is 25.2. The first-order valence-electron chi connectivity index (χ1n) is 13.7. The molecule has 0 aliphatic carbocycles. The second-order valence-corrected chi connectivity index (χ2v) is 12.5. The molecule has 11 nitrogen and oxygen atoms in total. The Hall–Kier alpha value is -3.16. The fourth-order valence-corrected chi connectivity index (χ4v) is 6.36. The average Bonchev–Trinajstić information content (AvgIpc) is 3.00. The van der Waals surface area contributed by atoms with Crippen molar-refractivity contribution >= 4 is 50.5 Å². The molecule has 2 aliphatic heterocycles. The van der Waals surface area contributed by atoms with E-state index in [1.807, 2.05) is 12.1 Å². The van der Waals surface area contributed by atoms with Crippen LogP contribution in [0.3, 0.4) is 0 Å². The molecule has 0 spiro atoms. The number of aromatic nitrogens is 2. The van der Waals surface area contributed by atoms with Gasteiger partial charge in [-0.1, -0.05) is 23.7 Å². The number of likely N-dealkylation sites (N-methyl/N-ethyl adjacent to an activating group) is 1. The van der Waals surface area contributed by atoms with Crippen molar-refractivity contribution in [3.05, 3.63) is 53.7 Å². The normalized spacial score (nSPS) is 17.4. The van der Waals surface area contributed by atoms with Gasteiger partial charge in [-0.2, -0.15) is 4.98 Å². The molecule has 2 aromatic carbocycles. The van der Waals surface area contributed by atoms with Gasteiger partial charge >= 0.3 is 0 Å². The fraction of sp³-hybridized carbons (Fsp3) is 0.429. The summed E-state index contributed by atoms with van der Waals surface area (Å²) < 4.78 is 33.0. The third-order valence-corrected chi connectivity index (χ3v) is 9.51. The summed E-state index contributed by atoms with van der Waals surface area (Å²) in [6.07, 6.45) is 3.76. The summed E-state index contributed by atoms with van der Waals surface area (Å²) in [5, 5.41) is 6.49. The maximum Gasteiger partial charge on any atom is 0.242 e. The van der Waals surface area contributed by atoms with Crippen molar-refractivity contribution in [3.63, 3.8) is 0 Å². The zero-order valence-electron chi connectivity index (χ0n) is 23.6. The minimum atomic E-state index is -3.69. The number of benzene rings is 2. The standard InChI is InChI=1S/C28H37ClN8O3S/c1-30-41(38,39)26-7-5-4-6-24(26)32-27-22(29)19-31-28(34-27)33-23-9-8-21(18-25(23)40-3)36-12-10-20(11-13-36)37-16-14-35(2)15-17-37/h4-9,18-20,30H,10-17H2,1-3H3,(H2,31,32,33,34). The molecule has 3 N–H and O–H groups in total. The summed E-state index contributed by atoms with van der Waals surface area (Å²) in [5.41, 5.74) is 2.16. The van der Waals surface area contributed by atoms with Gasteiger partial charge in [0.2, 0.25) is 16.0 Å². The summed E-state index contributed by atoms with van der Waals surface area (Å²) in [5.74, 6) is 1.22. The Balaban J connectivity index is 1.28. The minimum absolute atomic E-state index is 0.0801. The number of piperazine rings is 1. The third kappa shape index (κ3) is 6.84. The quantitative estimate of drug-likeness (QED) is 0.335. The van der Waals surface area contributed by atoms with Gasteiger partial charge in [0, 0.05) is 57.1 Å². The Kier molecular flexibility index (Phi) is 9.15. The van der Waals surface area contributed by atoms with Crippen LogP contribution in [0.25, 0.3) is 0 Å². The van der Waals surface area contributed by atoms with Crippen LogP contribution in [0.5, 0.6) is 5.75 Å². The largest absolute Gasteiger partial charge is 0.494 e. The smallest absolute Gasteiger partial charge is 0.242 e. The van der Waals surface area contributed by atoms with Gasteiger partial charge in [-0.15, -0.1) is 0 Å². The first-order valence-corrected chi connectivity index (χ1v) is 15.6. The molecule has 1 aromatic heterocycles. The average molecular weight is 601 g/mol. The Labute approximate surface area is 246 Å². The van der Waals surface area contributed by atoms with E-state index >= 15 is 0 Å². The van der Waals surface area contributed by atoms with Gasteiger partial charge in [0.25, 0.3) is 0 Å². The maximum atomic E-state index is 12.5. The molecule has 3 heterocycles. The number of rotatable bonds is 9. The fourth-order valence-electron chi connectivity index (χ4n) is 5.33. The van der Waals surface area contributed by atoms with E-state index in [0.29, 0.717) is 23.2 Å². The van der Waals surface area contributed by atoms with E-state index in [4.69, 9.17) is 16.3 Å². The number of ether oxygens (including phenoxy) is 1. The van der Waals surface area contributed by atoms with E-state index in [1.165, 1.54) is 19.3 Å². The second kappa shape index (κ2) is 12.8. The van der Waals surface area contributed by atoms with Gasteiger partial charge in [-0.25, -0.2) is 18.1 Å². The van der Waals surface area contributed by atoms with Crippen LogP contribution in [-0.4, -0.2) is 94.7 Å². The van der Waals surface area contributed by atoms with E-state index in [9.17, 15) is 8.42 Å². The van der Waals surface area contributed by atoms with Gasteiger partial charge in [-0.05, 0) is 51.2 Å². The van der Waals surface area contributed by atoms with Crippen LogP contribution in [0.4, 0.5) is 28.8 Å². The molecule has 2 fully saturated rings. The highest BCUT2D eigenvalue weighted by Gasteiger charge is 2.27. The molecule has 2 aliphatic rings. The molecule has 0 amide bonds. The first kappa shape index (κ1) is 29.3. The SMILES string of the molecule is CNS(=O)(=O)c1ccccc1Nc1nc(Nc2ccc(N3CCC(N4CCN(C)CC4)CC3)cc2OC)ncc1Cl. The molecule has 13 heteroatoms. The van der Waals surface area contributed by atoms with Crippen LogP contribution in [0.2, 0.25) is 5.02 Å². The van der Waals surface area contributed by atoms with Crippen molar-refractivity contribution < 1.29 is 13.2 Å². The van der Waals surface area contributed by atoms with E-state index in [-0.39, 0.29) is 21.7 Å². The lowest BCUT2D eigenvalue weighted by Gasteiger charge is -2.42. The van der Waals surface area contributed by atoms with Gasteiger partial charge in [0.15, 0.2) is 5.82 Å². The van der Waals surface area contributed by atoms with Crippen molar-refractivity contribution in [3.8, 4) is 5.75 Å². The molecule has 3 aromatic rings. The highest BCUT2D eigenvalue weighted by atomic mass is 35.5. The number of hydrogen-bond acceptors (Lipinski definition) is 10. The lowest BCUT2D eigenvalue weighted by atomic mass is 10.0. The summed E-state index contributed by atoms with van der Waals surface area (Å²) in [6.45, 7) is 6.61. The molecule has 0 bridgehead atoms. The Bertz CT molecular complexity index is 1460. The van der Waals surface area contributed by atoms with Gasteiger partial charge in [-0.3, -0.25) is 4.90 Å². The molecule has 0 unspecified atom stereocenters. The maximum absolute atomic E-state index is 12.5. The molecule has 41 heavy (non-hydrogen) atoms. The number of nitrogens with zero attached hydrogens (tertiary/aromatic N) is 5. The Morgan fingerprint density at radius 1 is 0.976 bits per heavy atom. The van der Waals surface area contributed by atoms with Crippen molar-refractivity contribution in [2.45, 2.75) is 23.8 Å². The summed E-state index contributed by atoms with van der Waals surface area (Å²) in [6, 6.07) is 13.2. The van der Waals surface area contributed by atoms with Crippen LogP contribution in [-0.2, 0) is 10.0 Å². The van der Waals surface area contributed by atoms with E-state index in [2.05, 4.69) is 53.1 Å². The van der Waals surface area contributed by atoms with Crippen molar-refractivity contribution in [2.75, 3.05) is 76.0 Å². The summed E-state index contributed by atoms with van der Waals surface area (Å²) >= 11 is 6.37. The number of para-hydroxylation sites is 1. The number of methoxy groups -OCH3 is 1. The molecule has 5 rings (SSSR count). The van der Waals surface area contributed by atoms with Gasteiger partial charge in [0.1, 0.15) is 15.7 Å². The van der Waals surface area contributed by atoms with Crippen molar-refractivity contribution in [1.82, 2.24) is 24.5 Å². The van der Waals surface area contributed by atoms with Crippen LogP contribution in [0, 0.1) is 0 Å². The number of hydrogen-bond donors (Lipinski definition) is 3. The zero-order chi connectivity index (χ0) is 29.0. The first-order chi connectivity index (χ1) is 19.8. The highest BCUT2D eigenvalue weighted by molar-refractivity contribution is 7.89. The van der Waals surface area contributed by atoms with Crippen LogP contribution < -0.4 is 25.0 Å². The van der Waals surface area contributed by atoms with Gasteiger partial charge < -0.3 is 25.2 Å². The lowest BCUT2D eigenvalue weighted by Crippen LogP contribution is -2.52. The molecule has 2 saturated heterocycles. The molecule has 0 atom stereocenters. The van der Waals surface area contributed by atoms with Crippen molar-refractivity contribution in [2.24, 2.45) is 0 Å². The second-order valence-electron chi connectivity index (χ2n) is 10.3. The predicted octanol–water partition coefficient (Wildman–Crippen LogP) is 3.75. The summed E-state index contributed by atoms with van der Waals surface area (Å²) in [4.78, 5) is 16.4. The van der Waals surface area contributed by atoms with Crippen LogP contribution >= 0.6 is 11.6 Å². The third-order valence-electron chi connectivity index (χ3n) is 7.76. The number of anilines is 5. The lowest BCUT2D eigenvalue weighted by molar-refractivity contribution is 0.0982. The van der Waals surface area contributed by atoms with E-state index < -0.39 is 10.0 Å². The van der Waals surface area contributed by atoms with Crippen LogP contribution in [0.15, 0.2) is 53.6 Å². The Morgan fingerprint density at radius 3 is 2.41 bits per heavy atom. The minimum Gasteiger partial charge on any atom is -0.494 e. The highest BCUT2D eigenvalue weighted by Crippen LogP contribution is 2.34. The molecule has 220 valence electrons. The molecule has 0 saturated carbocycles. The number of halogens is 1. The number of piperidine rings is 1. The monoisotopic (exact) mass is 600 g/mol. The van der Waals surface area contributed by atoms with E-state index in [0.717, 1.165) is 57.8 Å². The number of sulfonamides is 1. The van der Waals surface area contributed by atoms with Crippen LogP contribution in [0.1, 0.15) is 12.8 Å². The summed E-state index contributed by atoms with van der Waals surface area (Å²) in [7, 11) is 1.50. The topological polar surface area (TPSA) is 115 Å². The van der Waals surface area contributed by atoms with Crippen molar-refractivity contribution in [1.29, 1.82) is 0 Å². The molecular formula is C28H37ClN8O3S.